The van der Waals surface area contributed by atoms with Crippen molar-refractivity contribution in [3.63, 3.8) is 0 Å². The number of anilines is 1. The van der Waals surface area contributed by atoms with E-state index in [1.165, 1.54) is 4.31 Å². The lowest BCUT2D eigenvalue weighted by Gasteiger charge is -2.31. The van der Waals surface area contributed by atoms with Crippen LogP contribution < -0.4 is 10.6 Å². The van der Waals surface area contributed by atoms with Crippen LogP contribution in [-0.2, 0) is 25.0 Å². The van der Waals surface area contributed by atoms with Crippen LogP contribution in [0.3, 0.4) is 0 Å². The maximum absolute atomic E-state index is 13.4. The molecule has 190 valence electrons. The van der Waals surface area contributed by atoms with Gasteiger partial charge in [-0.15, -0.1) is 0 Å². The number of carbonyl (C=O) groups is 2. The van der Waals surface area contributed by atoms with Crippen molar-refractivity contribution in [3.05, 3.63) is 58.7 Å². The number of carbonyl (C=O) groups excluding carboxylic acids is 2. The molecule has 35 heavy (non-hydrogen) atoms. The first-order valence-corrected chi connectivity index (χ1v) is 13.5. The number of piperidine rings is 1. The van der Waals surface area contributed by atoms with Gasteiger partial charge in [0.15, 0.2) is 0 Å². The second-order valence-electron chi connectivity index (χ2n) is 10.4. The van der Waals surface area contributed by atoms with Gasteiger partial charge in [-0.2, -0.15) is 4.31 Å². The molecule has 1 fully saturated rings. The number of nitrogens with one attached hydrogen (secondary N) is 2. The van der Waals surface area contributed by atoms with Crippen LogP contribution in [0.5, 0.6) is 0 Å². The molecule has 2 aromatic rings. The Morgan fingerprint density at radius 3 is 2.14 bits per heavy atom. The van der Waals surface area contributed by atoms with Crippen molar-refractivity contribution in [2.24, 2.45) is 5.92 Å². The van der Waals surface area contributed by atoms with Crippen LogP contribution in [0.25, 0.3) is 0 Å². The van der Waals surface area contributed by atoms with Gasteiger partial charge in [-0.3, -0.25) is 9.59 Å². The van der Waals surface area contributed by atoms with Crippen molar-refractivity contribution in [2.75, 3.05) is 25.0 Å². The summed E-state index contributed by atoms with van der Waals surface area (Å²) in [6.07, 6.45) is 0.836. The second kappa shape index (κ2) is 10.5. The highest BCUT2D eigenvalue weighted by Crippen LogP contribution is 2.30. The summed E-state index contributed by atoms with van der Waals surface area (Å²) >= 11 is 0. The van der Waals surface area contributed by atoms with Gasteiger partial charge in [0.05, 0.1) is 11.4 Å². The number of hydrogen-bond donors (Lipinski definition) is 2. The number of hydrogen-bond acceptors (Lipinski definition) is 4. The van der Waals surface area contributed by atoms with Gasteiger partial charge in [0.1, 0.15) is 0 Å². The van der Waals surface area contributed by atoms with Gasteiger partial charge in [-0.25, -0.2) is 8.42 Å². The third-order valence-corrected chi connectivity index (χ3v) is 8.71. The monoisotopic (exact) mass is 499 g/mol. The third-order valence-electron chi connectivity index (χ3n) is 6.67. The number of aryl methyl sites for hydroxylation is 3. The van der Waals surface area contributed by atoms with E-state index in [-0.39, 0.29) is 42.8 Å². The molecule has 0 saturated carbocycles. The normalized spacial score (nSPS) is 15.6. The Kier molecular flexibility index (Phi) is 8.07. The summed E-state index contributed by atoms with van der Waals surface area (Å²) in [7, 11) is -3.66. The largest absolute Gasteiger partial charge is 0.347 e. The standard InChI is InChI=1S/C27H37N3O4S/c1-18-10-11-22(27(4,5)6)16-23(18)35(33,34)30-14-12-21(13-15-30)26(32)28-17-24(31)29-25-19(2)8-7-9-20(25)3/h7-11,16,21H,12-15,17H2,1-6H3,(H,28,32)(H,29,31). The Morgan fingerprint density at radius 2 is 1.57 bits per heavy atom. The zero-order valence-corrected chi connectivity index (χ0v) is 22.4. The zero-order valence-electron chi connectivity index (χ0n) is 21.6. The van der Waals surface area contributed by atoms with E-state index in [2.05, 4.69) is 31.4 Å². The van der Waals surface area contributed by atoms with Crippen LogP contribution in [0.2, 0.25) is 0 Å². The lowest BCUT2D eigenvalue weighted by atomic mass is 9.87. The first-order valence-electron chi connectivity index (χ1n) is 12.1. The first kappa shape index (κ1) is 26.9. The number of nitrogens with zero attached hydrogens (tertiary/aromatic N) is 1. The molecule has 2 N–H and O–H groups in total. The summed E-state index contributed by atoms with van der Waals surface area (Å²) in [6, 6.07) is 11.4. The smallest absolute Gasteiger partial charge is 0.243 e. The van der Waals surface area contributed by atoms with E-state index < -0.39 is 10.0 Å². The summed E-state index contributed by atoms with van der Waals surface area (Å²) in [5.74, 6) is -0.828. The summed E-state index contributed by atoms with van der Waals surface area (Å²) < 4.78 is 28.2. The molecule has 1 saturated heterocycles. The van der Waals surface area contributed by atoms with E-state index in [0.29, 0.717) is 23.3 Å². The fraction of sp³-hybridized carbons (Fsp3) is 0.481. The molecule has 1 heterocycles. The summed E-state index contributed by atoms with van der Waals surface area (Å²) in [5, 5.41) is 5.57. The SMILES string of the molecule is Cc1ccc(C(C)(C)C)cc1S(=O)(=O)N1CCC(C(=O)NCC(=O)Nc2c(C)cccc2C)CC1. The molecule has 8 heteroatoms. The van der Waals surface area contributed by atoms with Gasteiger partial charge < -0.3 is 10.6 Å². The first-order chi connectivity index (χ1) is 16.3. The summed E-state index contributed by atoms with van der Waals surface area (Å²) in [6.45, 7) is 12.2. The highest BCUT2D eigenvalue weighted by molar-refractivity contribution is 7.89. The Hall–Kier alpha value is -2.71. The summed E-state index contributed by atoms with van der Waals surface area (Å²) in [4.78, 5) is 25.4. The van der Waals surface area contributed by atoms with Crippen molar-refractivity contribution >= 4 is 27.5 Å². The maximum Gasteiger partial charge on any atom is 0.243 e. The van der Waals surface area contributed by atoms with Crippen molar-refractivity contribution in [2.45, 2.75) is 64.7 Å². The van der Waals surface area contributed by atoms with Crippen molar-refractivity contribution in [1.29, 1.82) is 0 Å². The van der Waals surface area contributed by atoms with Crippen LogP contribution in [0.15, 0.2) is 41.3 Å². The molecule has 0 aromatic heterocycles. The fourth-order valence-corrected chi connectivity index (χ4v) is 6.07. The average molecular weight is 500 g/mol. The Balaban J connectivity index is 1.57. The molecule has 2 aromatic carbocycles. The number of rotatable bonds is 6. The quantitative estimate of drug-likeness (QED) is 0.626. The molecule has 2 amide bonds. The van der Waals surface area contributed by atoms with Crippen molar-refractivity contribution in [1.82, 2.24) is 9.62 Å². The van der Waals surface area contributed by atoms with Crippen LogP contribution >= 0.6 is 0 Å². The minimum absolute atomic E-state index is 0.121. The van der Waals surface area contributed by atoms with Crippen LogP contribution in [0, 0.1) is 26.7 Å². The minimum Gasteiger partial charge on any atom is -0.347 e. The maximum atomic E-state index is 13.4. The third kappa shape index (κ3) is 6.30. The van der Waals surface area contributed by atoms with Crippen LogP contribution in [-0.4, -0.2) is 44.2 Å². The molecule has 3 rings (SSSR count). The molecule has 0 unspecified atom stereocenters. The fourth-order valence-electron chi connectivity index (χ4n) is 4.35. The van der Waals surface area contributed by atoms with E-state index in [0.717, 1.165) is 22.4 Å². The lowest BCUT2D eigenvalue weighted by molar-refractivity contribution is -0.128. The van der Waals surface area contributed by atoms with Gasteiger partial charge in [0, 0.05) is 24.7 Å². The highest BCUT2D eigenvalue weighted by Gasteiger charge is 2.33. The second-order valence-corrected chi connectivity index (χ2v) is 12.3. The minimum atomic E-state index is -3.66. The number of amides is 2. The van der Waals surface area contributed by atoms with Gasteiger partial charge in [-0.1, -0.05) is 51.1 Å². The molecule has 0 bridgehead atoms. The zero-order chi connectivity index (χ0) is 26.0. The van der Waals surface area contributed by atoms with E-state index >= 15 is 0 Å². The molecule has 7 nitrogen and oxygen atoms in total. The molecule has 0 radical (unpaired) electrons. The van der Waals surface area contributed by atoms with E-state index in [4.69, 9.17) is 0 Å². The van der Waals surface area contributed by atoms with Gasteiger partial charge in [-0.05, 0) is 67.3 Å². The number of benzene rings is 2. The molecule has 1 aliphatic rings. The predicted octanol–water partition coefficient (Wildman–Crippen LogP) is 4.06. The molecule has 0 aliphatic carbocycles. The Bertz CT molecular complexity index is 1190. The van der Waals surface area contributed by atoms with E-state index in [1.807, 2.05) is 51.1 Å². The van der Waals surface area contributed by atoms with Gasteiger partial charge >= 0.3 is 0 Å². The van der Waals surface area contributed by atoms with Crippen molar-refractivity contribution in [3.8, 4) is 0 Å². The molecule has 1 aliphatic heterocycles. The average Bonchev–Trinajstić information content (AvgIpc) is 2.79. The lowest BCUT2D eigenvalue weighted by Crippen LogP contribution is -2.44. The number of para-hydroxylation sites is 1. The Morgan fingerprint density at radius 1 is 0.971 bits per heavy atom. The molecule has 0 spiro atoms. The van der Waals surface area contributed by atoms with Crippen LogP contribution in [0.1, 0.15) is 55.9 Å². The predicted molar refractivity (Wildman–Crippen MR) is 139 cm³/mol. The molecular formula is C27H37N3O4S. The molecule has 0 atom stereocenters. The van der Waals surface area contributed by atoms with Crippen molar-refractivity contribution < 1.29 is 18.0 Å². The van der Waals surface area contributed by atoms with Gasteiger partial charge in [0.25, 0.3) is 0 Å². The van der Waals surface area contributed by atoms with Gasteiger partial charge in [0.2, 0.25) is 21.8 Å². The topological polar surface area (TPSA) is 95.6 Å². The highest BCUT2D eigenvalue weighted by atomic mass is 32.2. The number of sulfonamides is 1. The molecular weight excluding hydrogens is 462 g/mol. The van der Waals surface area contributed by atoms with E-state index in [9.17, 15) is 18.0 Å². The van der Waals surface area contributed by atoms with Crippen LogP contribution in [0.4, 0.5) is 5.69 Å². The van der Waals surface area contributed by atoms with E-state index in [1.54, 1.807) is 6.07 Å². The summed E-state index contributed by atoms with van der Waals surface area (Å²) in [5.41, 5.74) is 4.20. The Labute approximate surface area is 209 Å².